The van der Waals surface area contributed by atoms with Crippen molar-refractivity contribution in [2.75, 3.05) is 21.3 Å². The zero-order chi connectivity index (χ0) is 20.7. The maximum absolute atomic E-state index is 12.9. The van der Waals surface area contributed by atoms with Crippen LogP contribution < -0.4 is 14.2 Å². The standard InChI is InChI=1S/C23H26O5/c1-15(2)6-12-18-20(25)14-21(27-4)22(23(18)28-5)19(24)13-9-16-7-10-17(26-3)11-8-16/h6-11,13-14,25H,12H2,1-5H3. The van der Waals surface area contributed by atoms with E-state index in [0.29, 0.717) is 17.7 Å². The Labute approximate surface area is 165 Å². The fourth-order valence-electron chi connectivity index (χ4n) is 2.76. The number of phenols is 1. The summed E-state index contributed by atoms with van der Waals surface area (Å²) in [6, 6.07) is 8.81. The summed E-state index contributed by atoms with van der Waals surface area (Å²) >= 11 is 0. The molecule has 28 heavy (non-hydrogen) atoms. The summed E-state index contributed by atoms with van der Waals surface area (Å²) < 4.78 is 16.0. The molecule has 0 bridgehead atoms. The molecular weight excluding hydrogens is 356 g/mol. The molecule has 5 heteroatoms. The molecule has 0 amide bonds. The zero-order valence-electron chi connectivity index (χ0n) is 16.9. The quantitative estimate of drug-likeness (QED) is 0.403. The Kier molecular flexibility index (Phi) is 7.27. The van der Waals surface area contributed by atoms with Crippen molar-refractivity contribution in [3.05, 3.63) is 64.7 Å². The van der Waals surface area contributed by atoms with Gasteiger partial charge in [-0.2, -0.15) is 0 Å². The van der Waals surface area contributed by atoms with E-state index in [2.05, 4.69) is 0 Å². The molecule has 0 atom stereocenters. The minimum Gasteiger partial charge on any atom is -0.507 e. The Bertz CT molecular complexity index is 888. The summed E-state index contributed by atoms with van der Waals surface area (Å²) in [4.78, 5) is 12.9. The van der Waals surface area contributed by atoms with Gasteiger partial charge < -0.3 is 19.3 Å². The molecule has 0 aliphatic carbocycles. The maximum atomic E-state index is 12.9. The van der Waals surface area contributed by atoms with Gasteiger partial charge in [-0.15, -0.1) is 0 Å². The fourth-order valence-corrected chi connectivity index (χ4v) is 2.76. The average Bonchev–Trinajstić information content (AvgIpc) is 2.70. The molecule has 0 aliphatic rings. The number of hydrogen-bond acceptors (Lipinski definition) is 5. The third kappa shape index (κ3) is 4.94. The maximum Gasteiger partial charge on any atom is 0.193 e. The first-order valence-electron chi connectivity index (χ1n) is 8.87. The number of phenolic OH excluding ortho intramolecular Hbond substituents is 1. The summed E-state index contributed by atoms with van der Waals surface area (Å²) in [5.74, 6) is 1.08. The van der Waals surface area contributed by atoms with Gasteiger partial charge >= 0.3 is 0 Å². The average molecular weight is 382 g/mol. The van der Waals surface area contributed by atoms with E-state index in [1.54, 1.807) is 13.2 Å². The van der Waals surface area contributed by atoms with Crippen LogP contribution >= 0.6 is 0 Å². The van der Waals surface area contributed by atoms with E-state index >= 15 is 0 Å². The predicted molar refractivity (Wildman–Crippen MR) is 111 cm³/mol. The van der Waals surface area contributed by atoms with Crippen molar-refractivity contribution >= 4 is 11.9 Å². The second-order valence-electron chi connectivity index (χ2n) is 6.44. The Balaban J connectivity index is 2.45. The number of ether oxygens (including phenoxy) is 3. The van der Waals surface area contributed by atoms with Crippen molar-refractivity contribution in [2.45, 2.75) is 20.3 Å². The monoisotopic (exact) mass is 382 g/mol. The SMILES string of the molecule is COc1ccc(C=CC(=O)c2c(OC)cc(O)c(CC=C(C)C)c2OC)cc1. The van der Waals surface area contributed by atoms with Gasteiger partial charge in [0, 0.05) is 11.6 Å². The van der Waals surface area contributed by atoms with E-state index in [0.717, 1.165) is 16.9 Å². The van der Waals surface area contributed by atoms with Gasteiger partial charge in [-0.3, -0.25) is 4.79 Å². The largest absolute Gasteiger partial charge is 0.507 e. The van der Waals surface area contributed by atoms with Crippen LogP contribution in [0.2, 0.25) is 0 Å². The third-order valence-corrected chi connectivity index (χ3v) is 4.25. The van der Waals surface area contributed by atoms with Crippen molar-refractivity contribution in [3.8, 4) is 23.0 Å². The molecule has 0 unspecified atom stereocenters. The van der Waals surface area contributed by atoms with Gasteiger partial charge in [0.25, 0.3) is 0 Å². The Morgan fingerprint density at radius 1 is 1.04 bits per heavy atom. The van der Waals surface area contributed by atoms with Crippen molar-refractivity contribution in [3.63, 3.8) is 0 Å². The Morgan fingerprint density at radius 3 is 2.25 bits per heavy atom. The van der Waals surface area contributed by atoms with E-state index < -0.39 is 0 Å². The minimum absolute atomic E-state index is 0.0295. The van der Waals surface area contributed by atoms with Crippen LogP contribution in [0.15, 0.2) is 48.1 Å². The summed E-state index contributed by atoms with van der Waals surface area (Å²) in [7, 11) is 4.53. The number of aromatic hydroxyl groups is 1. The number of ketones is 1. The normalized spacial score (nSPS) is 10.6. The van der Waals surface area contributed by atoms with E-state index in [1.165, 1.54) is 26.4 Å². The van der Waals surface area contributed by atoms with Crippen molar-refractivity contribution in [1.82, 2.24) is 0 Å². The molecule has 0 fully saturated rings. The van der Waals surface area contributed by atoms with Crippen LogP contribution in [-0.4, -0.2) is 32.2 Å². The van der Waals surface area contributed by atoms with Crippen molar-refractivity contribution in [2.24, 2.45) is 0 Å². The van der Waals surface area contributed by atoms with E-state index in [-0.39, 0.29) is 22.8 Å². The number of benzene rings is 2. The van der Waals surface area contributed by atoms with Gasteiger partial charge in [0.1, 0.15) is 28.6 Å². The lowest BCUT2D eigenvalue weighted by molar-refractivity contribution is 0.104. The Hall–Kier alpha value is -3.21. The number of allylic oxidation sites excluding steroid dienone is 3. The molecule has 0 saturated heterocycles. The molecule has 2 aromatic carbocycles. The third-order valence-electron chi connectivity index (χ3n) is 4.25. The van der Waals surface area contributed by atoms with E-state index in [1.807, 2.05) is 44.2 Å². The van der Waals surface area contributed by atoms with Gasteiger partial charge in [-0.1, -0.05) is 29.9 Å². The van der Waals surface area contributed by atoms with Gasteiger partial charge in [0.2, 0.25) is 0 Å². The van der Waals surface area contributed by atoms with Crippen molar-refractivity contribution in [1.29, 1.82) is 0 Å². The fraction of sp³-hybridized carbons (Fsp3) is 0.261. The molecule has 0 aliphatic heterocycles. The van der Waals surface area contributed by atoms with Crippen LogP contribution in [-0.2, 0) is 6.42 Å². The number of hydrogen-bond donors (Lipinski definition) is 1. The number of rotatable bonds is 8. The number of methoxy groups -OCH3 is 3. The number of carbonyl (C=O) groups is 1. The molecule has 0 aromatic heterocycles. The first kappa shape index (κ1) is 21.1. The zero-order valence-corrected chi connectivity index (χ0v) is 16.9. The summed E-state index contributed by atoms with van der Waals surface area (Å²) in [5, 5.41) is 10.4. The van der Waals surface area contributed by atoms with Gasteiger partial charge in [-0.05, 0) is 44.0 Å². The molecule has 0 spiro atoms. The van der Waals surface area contributed by atoms with Crippen LogP contribution in [0.25, 0.3) is 6.08 Å². The molecule has 2 aromatic rings. The van der Waals surface area contributed by atoms with Crippen molar-refractivity contribution < 1.29 is 24.1 Å². The summed E-state index contributed by atoms with van der Waals surface area (Å²) in [6.45, 7) is 3.94. The highest BCUT2D eigenvalue weighted by atomic mass is 16.5. The van der Waals surface area contributed by atoms with Crippen LogP contribution in [0.5, 0.6) is 23.0 Å². The molecule has 0 heterocycles. The lowest BCUT2D eigenvalue weighted by Gasteiger charge is -2.16. The van der Waals surface area contributed by atoms with E-state index in [9.17, 15) is 9.90 Å². The lowest BCUT2D eigenvalue weighted by Crippen LogP contribution is -2.06. The van der Waals surface area contributed by atoms with Gasteiger partial charge in [0.05, 0.1) is 21.3 Å². The molecule has 5 nitrogen and oxygen atoms in total. The highest BCUT2D eigenvalue weighted by Crippen LogP contribution is 2.39. The first-order valence-corrected chi connectivity index (χ1v) is 8.87. The topological polar surface area (TPSA) is 65.0 Å². The second kappa shape index (κ2) is 9.65. The van der Waals surface area contributed by atoms with E-state index in [4.69, 9.17) is 14.2 Å². The van der Waals surface area contributed by atoms with Crippen LogP contribution in [0.3, 0.4) is 0 Å². The predicted octanol–water partition coefficient (Wildman–Crippen LogP) is 4.82. The highest BCUT2D eigenvalue weighted by Gasteiger charge is 2.23. The first-order chi connectivity index (χ1) is 13.4. The molecule has 148 valence electrons. The molecular formula is C23H26O5. The molecule has 1 N–H and O–H groups in total. The smallest absolute Gasteiger partial charge is 0.193 e. The number of carbonyl (C=O) groups excluding carboxylic acids is 1. The lowest BCUT2D eigenvalue weighted by atomic mass is 9.99. The van der Waals surface area contributed by atoms with Crippen LogP contribution in [0.1, 0.15) is 35.3 Å². The Morgan fingerprint density at radius 2 is 1.71 bits per heavy atom. The molecule has 0 radical (unpaired) electrons. The van der Waals surface area contributed by atoms with Gasteiger partial charge in [0.15, 0.2) is 5.78 Å². The summed E-state index contributed by atoms with van der Waals surface area (Å²) in [6.07, 6.45) is 5.59. The highest BCUT2D eigenvalue weighted by molar-refractivity contribution is 6.11. The molecule has 0 saturated carbocycles. The van der Waals surface area contributed by atoms with Crippen LogP contribution in [0, 0.1) is 0 Å². The van der Waals surface area contributed by atoms with Gasteiger partial charge in [-0.25, -0.2) is 0 Å². The minimum atomic E-state index is -0.275. The summed E-state index contributed by atoms with van der Waals surface area (Å²) in [5.41, 5.74) is 2.79. The van der Waals surface area contributed by atoms with Crippen LogP contribution in [0.4, 0.5) is 0 Å². The molecule has 2 rings (SSSR count). The second-order valence-corrected chi connectivity index (χ2v) is 6.44.